The lowest BCUT2D eigenvalue weighted by atomic mass is 9.92. The maximum absolute atomic E-state index is 13.1. The molecule has 2 aliphatic heterocycles. The lowest BCUT2D eigenvalue weighted by Crippen LogP contribution is -2.57. The smallest absolute Gasteiger partial charge is 0.249 e. The van der Waals surface area contributed by atoms with Gasteiger partial charge in [0.25, 0.3) is 0 Å². The van der Waals surface area contributed by atoms with Crippen LogP contribution in [0.1, 0.15) is 44.6 Å². The minimum absolute atomic E-state index is 0.161. The Kier molecular flexibility index (Phi) is 5.58. The van der Waals surface area contributed by atoms with Gasteiger partial charge in [-0.25, -0.2) is 4.98 Å². The van der Waals surface area contributed by atoms with Crippen LogP contribution in [0.5, 0.6) is 0 Å². The molecular weight excluding hydrogens is 398 g/mol. The van der Waals surface area contributed by atoms with Crippen LogP contribution in [0.2, 0.25) is 0 Å². The zero-order valence-electron chi connectivity index (χ0n) is 19.8. The van der Waals surface area contributed by atoms with Crippen LogP contribution in [-0.4, -0.2) is 61.1 Å². The van der Waals surface area contributed by atoms with E-state index in [9.17, 15) is 4.79 Å². The molecule has 1 saturated carbocycles. The van der Waals surface area contributed by atoms with Crippen molar-refractivity contribution in [3.63, 3.8) is 0 Å². The fourth-order valence-corrected chi connectivity index (χ4v) is 5.63. The summed E-state index contributed by atoms with van der Waals surface area (Å²) < 4.78 is 0. The van der Waals surface area contributed by atoms with E-state index in [2.05, 4.69) is 65.1 Å². The summed E-state index contributed by atoms with van der Waals surface area (Å²) in [5.41, 5.74) is 3.37. The number of carbonyl (C=O) groups is 1. The van der Waals surface area contributed by atoms with E-state index in [0.717, 1.165) is 43.3 Å². The van der Waals surface area contributed by atoms with E-state index < -0.39 is 0 Å². The molecule has 0 radical (unpaired) electrons. The van der Waals surface area contributed by atoms with Crippen LogP contribution in [-0.2, 0) is 4.79 Å². The number of nitrogens with zero attached hydrogens (tertiary/aromatic N) is 5. The molecule has 2 aromatic rings. The van der Waals surface area contributed by atoms with Crippen LogP contribution in [0.4, 0.5) is 23.0 Å². The predicted octanol–water partition coefficient (Wildman–Crippen LogP) is 4.35. The van der Waals surface area contributed by atoms with Crippen molar-refractivity contribution < 1.29 is 4.79 Å². The van der Waals surface area contributed by atoms with Crippen molar-refractivity contribution in [1.29, 1.82) is 0 Å². The number of aryl methyl sites for hydroxylation is 1. The lowest BCUT2D eigenvalue weighted by Gasteiger charge is -2.47. The molecule has 1 saturated heterocycles. The number of rotatable bonds is 4. The van der Waals surface area contributed by atoms with Gasteiger partial charge in [0.2, 0.25) is 5.91 Å². The van der Waals surface area contributed by atoms with E-state index in [0.29, 0.717) is 12.1 Å². The molecule has 1 aromatic carbocycles. The highest BCUT2D eigenvalue weighted by Crippen LogP contribution is 2.41. The van der Waals surface area contributed by atoms with E-state index in [4.69, 9.17) is 4.98 Å². The molecule has 5 rings (SSSR count). The predicted molar refractivity (Wildman–Crippen MR) is 131 cm³/mol. The first-order chi connectivity index (χ1) is 15.4. The van der Waals surface area contributed by atoms with Gasteiger partial charge in [-0.15, -0.1) is 0 Å². The van der Waals surface area contributed by atoms with Crippen molar-refractivity contribution in [2.45, 2.75) is 64.1 Å². The molecule has 3 heterocycles. The number of likely N-dealkylation sites (tertiary alicyclic amines) is 1. The Hall–Kier alpha value is -2.60. The number of likely N-dealkylation sites (N-methyl/N-ethyl adjacent to an activating group) is 2. The molecule has 170 valence electrons. The zero-order chi connectivity index (χ0) is 22.4. The van der Waals surface area contributed by atoms with E-state index in [1.54, 1.807) is 4.90 Å². The van der Waals surface area contributed by atoms with Crippen LogP contribution in [0.15, 0.2) is 36.4 Å². The minimum Gasteiger partial charge on any atom is -0.340 e. The van der Waals surface area contributed by atoms with Crippen LogP contribution in [0.3, 0.4) is 0 Å². The van der Waals surface area contributed by atoms with Gasteiger partial charge >= 0.3 is 0 Å². The molecule has 0 bridgehead atoms. The summed E-state index contributed by atoms with van der Waals surface area (Å²) in [5, 5.41) is 0. The van der Waals surface area contributed by atoms with Crippen LogP contribution in [0.25, 0.3) is 0 Å². The number of anilines is 4. The Morgan fingerprint density at radius 3 is 2.31 bits per heavy atom. The summed E-state index contributed by atoms with van der Waals surface area (Å²) in [6.45, 7) is 6.21. The minimum atomic E-state index is -0.180. The largest absolute Gasteiger partial charge is 0.340 e. The summed E-state index contributed by atoms with van der Waals surface area (Å²) in [4.78, 5) is 27.2. The lowest BCUT2D eigenvalue weighted by molar-refractivity contribution is -0.119. The summed E-state index contributed by atoms with van der Waals surface area (Å²) in [6.07, 6.45) is 6.04. The maximum Gasteiger partial charge on any atom is 0.249 e. The first-order valence-electron chi connectivity index (χ1n) is 12.1. The highest BCUT2D eigenvalue weighted by Gasteiger charge is 2.40. The molecule has 0 spiro atoms. The third-order valence-corrected chi connectivity index (χ3v) is 7.49. The molecule has 6 nitrogen and oxygen atoms in total. The van der Waals surface area contributed by atoms with Crippen molar-refractivity contribution in [2.75, 3.05) is 41.9 Å². The maximum atomic E-state index is 13.1. The van der Waals surface area contributed by atoms with E-state index >= 15 is 0 Å². The number of benzene rings is 1. The molecule has 1 atom stereocenters. The second kappa shape index (κ2) is 8.39. The van der Waals surface area contributed by atoms with Gasteiger partial charge < -0.3 is 19.6 Å². The van der Waals surface area contributed by atoms with Crippen molar-refractivity contribution in [1.82, 2.24) is 9.88 Å². The van der Waals surface area contributed by atoms with Crippen LogP contribution in [0, 0.1) is 6.92 Å². The Morgan fingerprint density at radius 1 is 0.969 bits per heavy atom. The molecule has 1 aliphatic carbocycles. The summed E-state index contributed by atoms with van der Waals surface area (Å²) in [6, 6.07) is 13.5. The fraction of sp³-hybridized carbons (Fsp3) is 0.538. The van der Waals surface area contributed by atoms with E-state index in [-0.39, 0.29) is 11.9 Å². The number of hydrogen-bond acceptors (Lipinski definition) is 5. The van der Waals surface area contributed by atoms with Crippen LogP contribution < -0.4 is 14.7 Å². The number of aromatic nitrogens is 1. The molecule has 0 unspecified atom stereocenters. The second-order valence-electron chi connectivity index (χ2n) is 9.87. The first-order valence-corrected chi connectivity index (χ1v) is 12.1. The molecular formula is C26H35N5O. The molecule has 0 N–H and O–H groups in total. The summed E-state index contributed by atoms with van der Waals surface area (Å²) in [5.74, 6) is 2.10. The third-order valence-electron chi connectivity index (χ3n) is 7.49. The highest BCUT2D eigenvalue weighted by atomic mass is 16.2. The molecule has 1 aromatic heterocycles. The molecule has 3 aliphatic rings. The number of pyridine rings is 1. The van der Waals surface area contributed by atoms with Gasteiger partial charge in [0.05, 0.1) is 11.7 Å². The average molecular weight is 434 g/mol. The van der Waals surface area contributed by atoms with Crippen LogP contribution >= 0.6 is 0 Å². The van der Waals surface area contributed by atoms with Gasteiger partial charge in [0.1, 0.15) is 11.9 Å². The fourth-order valence-electron chi connectivity index (χ4n) is 5.63. The quantitative estimate of drug-likeness (QED) is 0.717. The zero-order valence-corrected chi connectivity index (χ0v) is 19.8. The van der Waals surface area contributed by atoms with Crippen molar-refractivity contribution in [3.05, 3.63) is 42.0 Å². The van der Waals surface area contributed by atoms with Crippen molar-refractivity contribution in [2.24, 2.45) is 0 Å². The Balaban J connectivity index is 1.58. The van der Waals surface area contributed by atoms with Gasteiger partial charge in [0, 0.05) is 31.9 Å². The monoisotopic (exact) mass is 433 g/mol. The second-order valence-corrected chi connectivity index (χ2v) is 9.87. The van der Waals surface area contributed by atoms with E-state index in [1.165, 1.54) is 30.5 Å². The third kappa shape index (κ3) is 3.64. The number of fused-ring (bicyclic) bond motifs is 1. The summed E-state index contributed by atoms with van der Waals surface area (Å²) >= 11 is 0. The van der Waals surface area contributed by atoms with Gasteiger partial charge in [-0.3, -0.25) is 4.79 Å². The first kappa shape index (κ1) is 21.3. The Morgan fingerprint density at radius 2 is 1.66 bits per heavy atom. The molecule has 1 amide bonds. The topological polar surface area (TPSA) is 42.9 Å². The highest BCUT2D eigenvalue weighted by molar-refractivity contribution is 6.04. The van der Waals surface area contributed by atoms with Gasteiger partial charge in [0.15, 0.2) is 5.82 Å². The van der Waals surface area contributed by atoms with E-state index in [1.807, 2.05) is 14.0 Å². The van der Waals surface area contributed by atoms with Crippen molar-refractivity contribution in [3.8, 4) is 0 Å². The summed E-state index contributed by atoms with van der Waals surface area (Å²) in [7, 11) is 4.05. The number of hydrogen-bond donors (Lipinski definition) is 0. The van der Waals surface area contributed by atoms with Gasteiger partial charge in [-0.05, 0) is 58.0 Å². The normalized spacial score (nSPS) is 22.6. The van der Waals surface area contributed by atoms with Gasteiger partial charge in [-0.1, -0.05) is 37.0 Å². The molecule has 6 heteroatoms. The number of amides is 1. The molecule has 32 heavy (non-hydrogen) atoms. The number of carbonyl (C=O) groups excluding carboxylic acids is 1. The Bertz CT molecular complexity index is 978. The Labute approximate surface area is 191 Å². The standard InChI is InChI=1S/C26H35N5O/c1-18-10-12-21(13-11-18)31(22-16-28(3)17-22)24-15-14-23-25(27-24)30(19(2)26(32)29(23)4)20-8-6-5-7-9-20/h10-15,19-20,22H,5-9,16-17H2,1-4H3/t19-/m1/s1. The van der Waals surface area contributed by atoms with Crippen molar-refractivity contribution >= 4 is 28.9 Å². The van der Waals surface area contributed by atoms with Gasteiger partial charge in [-0.2, -0.15) is 0 Å². The average Bonchev–Trinajstić information content (AvgIpc) is 2.78. The SMILES string of the molecule is Cc1ccc(N(c2ccc3c(n2)N(C2CCCCC2)[C@H](C)C(=O)N3C)C2CN(C)C2)cc1. The molecule has 2 fully saturated rings.